The highest BCUT2D eigenvalue weighted by Crippen LogP contribution is 2.18. The molecule has 0 spiro atoms. The smallest absolute Gasteiger partial charge is 0.223 e. The summed E-state index contributed by atoms with van der Waals surface area (Å²) in [6.45, 7) is 3.21. The number of rotatable bonds is 3. The maximum Gasteiger partial charge on any atom is 0.223 e. The number of nitrogens with zero attached hydrogens (tertiary/aromatic N) is 2. The third kappa shape index (κ3) is 2.92. The molecule has 0 saturated carbocycles. The second kappa shape index (κ2) is 5.61. The van der Waals surface area contributed by atoms with Gasteiger partial charge in [0.05, 0.1) is 13.3 Å². The van der Waals surface area contributed by atoms with Gasteiger partial charge in [-0.25, -0.2) is 0 Å². The lowest BCUT2D eigenvalue weighted by molar-refractivity contribution is 0.210. The average molecular weight is 286 g/mol. The molecule has 0 aliphatic carbocycles. The largest absolute Gasteiger partial charge is 0.503 e. The number of fused-ring (bicyclic) bond motifs is 1. The van der Waals surface area contributed by atoms with Gasteiger partial charge in [-0.3, -0.25) is 9.69 Å². The summed E-state index contributed by atoms with van der Waals surface area (Å²) in [5.74, 6) is 0.673. The van der Waals surface area contributed by atoms with Crippen molar-refractivity contribution in [2.45, 2.75) is 19.6 Å². The molecule has 0 saturated heterocycles. The summed E-state index contributed by atoms with van der Waals surface area (Å²) in [4.78, 5) is 13.8. The second-order valence-corrected chi connectivity index (χ2v) is 5.27. The molecule has 110 valence electrons. The minimum absolute atomic E-state index is 0.178. The molecule has 1 N–H and O–H groups in total. The summed E-state index contributed by atoms with van der Waals surface area (Å²) < 4.78 is 7.10. The first kappa shape index (κ1) is 13.7. The number of benzene rings is 1. The van der Waals surface area contributed by atoms with Crippen molar-refractivity contribution in [3.05, 3.63) is 58.0 Å². The molecule has 0 amide bonds. The highest BCUT2D eigenvalue weighted by Gasteiger charge is 2.16. The Morgan fingerprint density at radius 1 is 1.24 bits per heavy atom. The Balaban J connectivity index is 1.73. The first-order valence-corrected chi connectivity index (χ1v) is 6.93. The van der Waals surface area contributed by atoms with Crippen molar-refractivity contribution in [3.63, 3.8) is 0 Å². The number of aromatic hydroxyl groups is 1. The van der Waals surface area contributed by atoms with Gasteiger partial charge in [0.2, 0.25) is 5.43 Å². The van der Waals surface area contributed by atoms with Crippen LogP contribution in [0.15, 0.2) is 41.3 Å². The van der Waals surface area contributed by atoms with E-state index in [1.165, 1.54) is 17.8 Å². The van der Waals surface area contributed by atoms with Crippen LogP contribution in [0.3, 0.4) is 0 Å². The number of hydrogen-bond acceptors (Lipinski definition) is 4. The Kier molecular flexibility index (Phi) is 3.66. The van der Waals surface area contributed by atoms with E-state index in [1.54, 1.807) is 7.11 Å². The molecular formula is C16H18N2O3. The van der Waals surface area contributed by atoms with Gasteiger partial charge in [-0.05, 0) is 17.7 Å². The normalized spacial score (nSPS) is 14.7. The quantitative estimate of drug-likeness (QED) is 0.930. The average Bonchev–Trinajstić information content (AvgIpc) is 2.49. The van der Waals surface area contributed by atoms with E-state index in [2.05, 4.69) is 17.0 Å². The Hall–Kier alpha value is -2.27. The van der Waals surface area contributed by atoms with Gasteiger partial charge in [-0.2, -0.15) is 0 Å². The minimum atomic E-state index is -0.312. The Bertz CT molecular complexity index is 692. The molecule has 5 nitrogen and oxygen atoms in total. The van der Waals surface area contributed by atoms with E-state index >= 15 is 0 Å². The fourth-order valence-electron chi connectivity index (χ4n) is 2.63. The summed E-state index contributed by atoms with van der Waals surface area (Å²) in [5.41, 5.74) is 1.84. The lowest BCUT2D eigenvalue weighted by atomic mass is 10.1. The Labute approximate surface area is 123 Å². The summed E-state index contributed by atoms with van der Waals surface area (Å²) in [5, 5.41) is 9.47. The maximum absolute atomic E-state index is 11.5. The van der Waals surface area contributed by atoms with Gasteiger partial charge >= 0.3 is 0 Å². The van der Waals surface area contributed by atoms with Crippen LogP contribution in [0.25, 0.3) is 0 Å². The number of methoxy groups -OCH3 is 1. The van der Waals surface area contributed by atoms with E-state index < -0.39 is 0 Å². The highest BCUT2D eigenvalue weighted by atomic mass is 16.5. The summed E-state index contributed by atoms with van der Waals surface area (Å²) in [7, 11) is 1.66. The van der Waals surface area contributed by atoms with Crippen molar-refractivity contribution >= 4 is 0 Å². The lowest BCUT2D eigenvalue weighted by Gasteiger charge is -2.30. The maximum atomic E-state index is 11.5. The van der Waals surface area contributed by atoms with E-state index in [-0.39, 0.29) is 11.2 Å². The van der Waals surface area contributed by atoms with Crippen molar-refractivity contribution in [2.24, 2.45) is 0 Å². The minimum Gasteiger partial charge on any atom is -0.503 e. The molecular weight excluding hydrogens is 268 g/mol. The van der Waals surface area contributed by atoms with E-state index in [1.807, 2.05) is 16.7 Å². The molecule has 0 fully saturated rings. The Morgan fingerprint density at radius 2 is 2.00 bits per heavy atom. The molecule has 1 aliphatic rings. The van der Waals surface area contributed by atoms with Crippen LogP contribution in [-0.2, 0) is 19.6 Å². The monoisotopic (exact) mass is 286 g/mol. The molecule has 21 heavy (non-hydrogen) atoms. The highest BCUT2D eigenvalue weighted by molar-refractivity contribution is 5.27. The molecule has 5 heteroatoms. The van der Waals surface area contributed by atoms with Crippen LogP contribution in [0.1, 0.15) is 11.3 Å². The molecule has 0 bridgehead atoms. The van der Waals surface area contributed by atoms with Crippen LogP contribution in [0.4, 0.5) is 0 Å². The topological polar surface area (TPSA) is 54.7 Å². The molecule has 1 aliphatic heterocycles. The third-order valence-corrected chi connectivity index (χ3v) is 3.81. The van der Waals surface area contributed by atoms with Crippen LogP contribution in [0.2, 0.25) is 0 Å². The zero-order valence-electron chi connectivity index (χ0n) is 12.0. The summed E-state index contributed by atoms with van der Waals surface area (Å²) in [6, 6.07) is 9.54. The number of ether oxygens (including phenoxy) is 1. The van der Waals surface area contributed by atoms with Crippen LogP contribution >= 0.6 is 0 Å². The first-order valence-electron chi connectivity index (χ1n) is 6.93. The molecule has 2 heterocycles. The molecule has 0 unspecified atom stereocenters. The molecule has 1 aromatic carbocycles. The van der Waals surface area contributed by atoms with Crippen molar-refractivity contribution in [1.82, 2.24) is 9.47 Å². The van der Waals surface area contributed by atoms with E-state index in [4.69, 9.17) is 4.74 Å². The van der Waals surface area contributed by atoms with Gasteiger partial charge in [0.25, 0.3) is 0 Å². The van der Waals surface area contributed by atoms with Crippen molar-refractivity contribution < 1.29 is 9.84 Å². The number of hydrogen-bond donors (Lipinski definition) is 1. The second-order valence-electron chi connectivity index (χ2n) is 5.27. The van der Waals surface area contributed by atoms with Crippen LogP contribution in [0, 0.1) is 0 Å². The SMILES string of the molecule is COc1ccc(CN2CCn3cc(O)c(=O)cc3C2)cc1. The lowest BCUT2D eigenvalue weighted by Crippen LogP contribution is -2.34. The van der Waals surface area contributed by atoms with Crippen LogP contribution in [-0.4, -0.2) is 28.2 Å². The first-order chi connectivity index (χ1) is 10.2. The van der Waals surface area contributed by atoms with Crippen molar-refractivity contribution in [2.75, 3.05) is 13.7 Å². The molecule has 0 radical (unpaired) electrons. The van der Waals surface area contributed by atoms with Gasteiger partial charge in [0, 0.05) is 37.9 Å². The standard InChI is InChI=1S/C16H18N2O3/c1-21-14-4-2-12(3-5-14)9-17-6-7-18-11-16(20)15(19)8-13(18)10-17/h2-5,8,11,20H,6-7,9-10H2,1H3. The number of aromatic nitrogens is 1. The van der Waals surface area contributed by atoms with E-state index in [9.17, 15) is 9.90 Å². The van der Waals surface area contributed by atoms with Crippen LogP contribution < -0.4 is 10.2 Å². The zero-order valence-corrected chi connectivity index (χ0v) is 12.0. The molecule has 0 atom stereocenters. The number of pyridine rings is 1. The van der Waals surface area contributed by atoms with Crippen molar-refractivity contribution in [1.29, 1.82) is 0 Å². The van der Waals surface area contributed by atoms with E-state index in [0.717, 1.165) is 31.1 Å². The zero-order chi connectivity index (χ0) is 14.8. The molecule has 2 aromatic rings. The molecule has 3 rings (SSSR count). The molecule has 1 aromatic heterocycles. The predicted octanol–water partition coefficient (Wildman–Crippen LogP) is 1.58. The summed E-state index contributed by atoms with van der Waals surface area (Å²) >= 11 is 0. The third-order valence-electron chi connectivity index (χ3n) is 3.81. The van der Waals surface area contributed by atoms with Crippen molar-refractivity contribution in [3.8, 4) is 11.5 Å². The van der Waals surface area contributed by atoms with Gasteiger partial charge in [-0.1, -0.05) is 12.1 Å². The van der Waals surface area contributed by atoms with Crippen LogP contribution in [0.5, 0.6) is 11.5 Å². The van der Waals surface area contributed by atoms with Gasteiger partial charge < -0.3 is 14.4 Å². The fourth-order valence-corrected chi connectivity index (χ4v) is 2.63. The van der Waals surface area contributed by atoms with Gasteiger partial charge in [0.15, 0.2) is 5.75 Å². The fraction of sp³-hybridized carbons (Fsp3) is 0.312. The van der Waals surface area contributed by atoms with Gasteiger partial charge in [0.1, 0.15) is 5.75 Å². The predicted molar refractivity (Wildman–Crippen MR) is 79.5 cm³/mol. The Morgan fingerprint density at radius 3 is 2.71 bits per heavy atom. The summed E-state index contributed by atoms with van der Waals surface area (Å²) in [6.07, 6.45) is 1.53. The van der Waals surface area contributed by atoms with Gasteiger partial charge in [-0.15, -0.1) is 0 Å². The van der Waals surface area contributed by atoms with E-state index in [0.29, 0.717) is 6.54 Å².